The van der Waals surface area contributed by atoms with Gasteiger partial charge in [-0.05, 0) is 101 Å². The molecule has 2 aromatic heterocycles. The summed E-state index contributed by atoms with van der Waals surface area (Å²) in [6.07, 6.45) is 4.02. The Bertz CT molecular complexity index is 2700. The topological polar surface area (TPSA) is 25.8 Å². The lowest BCUT2D eigenvalue weighted by Crippen LogP contribution is -2.15. The van der Waals surface area contributed by atoms with E-state index in [1.165, 1.54) is 76.5 Å². The summed E-state index contributed by atoms with van der Waals surface area (Å²) >= 11 is 0. The first kappa shape index (κ1) is 26.4. The molecule has 220 valence electrons. The average Bonchev–Trinajstić information content (AvgIpc) is 3.35. The van der Waals surface area contributed by atoms with E-state index in [9.17, 15) is 0 Å². The molecule has 0 unspecified atom stereocenters. The van der Waals surface area contributed by atoms with Gasteiger partial charge in [0.1, 0.15) is 0 Å². The molecule has 10 rings (SSSR count). The van der Waals surface area contributed by atoms with Crippen LogP contribution in [0.15, 0.2) is 146 Å². The second-order valence-corrected chi connectivity index (χ2v) is 13.5. The molecule has 0 fully saturated rings. The van der Waals surface area contributed by atoms with E-state index in [0.717, 1.165) is 22.5 Å². The molecule has 7 aromatic carbocycles. The van der Waals surface area contributed by atoms with E-state index >= 15 is 0 Å². The van der Waals surface area contributed by atoms with E-state index in [1.54, 1.807) is 0 Å². The lowest BCUT2D eigenvalue weighted by Gasteiger charge is -2.22. The molecule has 0 spiro atoms. The number of hydrogen-bond donors (Lipinski definition) is 0. The Morgan fingerprint density at radius 3 is 1.70 bits per heavy atom. The third kappa shape index (κ3) is 3.85. The molecule has 0 atom stereocenters. The highest BCUT2D eigenvalue weighted by Gasteiger charge is 2.38. The smallest absolute Gasteiger partial charge is 0.0930 e. The fourth-order valence-corrected chi connectivity index (χ4v) is 7.94. The summed E-state index contributed by atoms with van der Waals surface area (Å²) in [4.78, 5) is 10.1. The first-order chi connectivity index (χ1) is 23.0. The Kier molecular flexibility index (Phi) is 5.37. The predicted octanol–water partition coefficient (Wildman–Crippen LogP) is 11.8. The van der Waals surface area contributed by atoms with Crippen molar-refractivity contribution in [1.82, 2.24) is 9.97 Å². The Hall–Kier alpha value is -5.86. The van der Waals surface area contributed by atoms with Gasteiger partial charge in [0.25, 0.3) is 0 Å². The van der Waals surface area contributed by atoms with Crippen LogP contribution in [0.3, 0.4) is 0 Å². The first-order valence-electron chi connectivity index (χ1n) is 16.3. The molecule has 0 amide bonds. The summed E-state index contributed by atoms with van der Waals surface area (Å²) in [6.45, 7) is 4.60. The third-order valence-corrected chi connectivity index (χ3v) is 10.5. The molecular weight excluding hydrogens is 569 g/mol. The molecule has 1 aliphatic carbocycles. The number of rotatable bonds is 3. The lowest BCUT2D eigenvalue weighted by atomic mass is 9.81. The van der Waals surface area contributed by atoms with Crippen LogP contribution in [0, 0.1) is 0 Å². The normalized spacial score (nSPS) is 13.5. The van der Waals surface area contributed by atoms with Crippen molar-refractivity contribution >= 4 is 43.1 Å². The van der Waals surface area contributed by atoms with Crippen molar-refractivity contribution in [2.75, 3.05) is 0 Å². The van der Waals surface area contributed by atoms with Crippen LogP contribution in [-0.2, 0) is 5.41 Å². The molecule has 9 aromatic rings. The van der Waals surface area contributed by atoms with Crippen LogP contribution in [0.2, 0.25) is 0 Å². The quantitative estimate of drug-likeness (QED) is 0.189. The van der Waals surface area contributed by atoms with Gasteiger partial charge < -0.3 is 0 Å². The number of pyridine rings is 2. The van der Waals surface area contributed by atoms with Crippen LogP contribution in [0.4, 0.5) is 0 Å². The van der Waals surface area contributed by atoms with Crippen molar-refractivity contribution in [2.24, 2.45) is 0 Å². The van der Waals surface area contributed by atoms with Gasteiger partial charge in [0.2, 0.25) is 0 Å². The van der Waals surface area contributed by atoms with Crippen molar-refractivity contribution in [3.8, 4) is 44.8 Å². The Labute approximate surface area is 273 Å². The fraction of sp³-hybridized carbons (Fsp3) is 0.0667. The van der Waals surface area contributed by atoms with E-state index < -0.39 is 0 Å². The fourth-order valence-electron chi connectivity index (χ4n) is 7.94. The van der Waals surface area contributed by atoms with Crippen LogP contribution >= 0.6 is 0 Å². The summed E-state index contributed by atoms with van der Waals surface area (Å²) in [7, 11) is 0. The van der Waals surface area contributed by atoms with Crippen LogP contribution < -0.4 is 0 Å². The molecule has 1 aliphatic rings. The third-order valence-electron chi connectivity index (χ3n) is 10.5. The van der Waals surface area contributed by atoms with Crippen molar-refractivity contribution in [3.05, 3.63) is 157 Å². The lowest BCUT2D eigenvalue weighted by molar-refractivity contribution is 0.658. The highest BCUT2D eigenvalue weighted by Crippen LogP contribution is 2.49. The minimum absolute atomic E-state index is 0.225. The molecule has 0 saturated carbocycles. The predicted molar refractivity (Wildman–Crippen MR) is 197 cm³/mol. The molecule has 0 N–H and O–H groups in total. The van der Waals surface area contributed by atoms with E-state index in [4.69, 9.17) is 9.97 Å². The average molecular weight is 599 g/mol. The van der Waals surface area contributed by atoms with Crippen LogP contribution in [0.1, 0.15) is 25.0 Å². The second kappa shape index (κ2) is 9.57. The van der Waals surface area contributed by atoms with Crippen molar-refractivity contribution in [2.45, 2.75) is 19.3 Å². The van der Waals surface area contributed by atoms with Gasteiger partial charge in [-0.1, -0.05) is 123 Å². The maximum Gasteiger partial charge on any atom is 0.0930 e. The van der Waals surface area contributed by atoms with Gasteiger partial charge in [-0.2, -0.15) is 0 Å². The Morgan fingerprint density at radius 2 is 0.957 bits per heavy atom. The molecule has 0 aliphatic heterocycles. The number of aromatic nitrogens is 2. The summed E-state index contributed by atoms with van der Waals surface area (Å²) in [5.74, 6) is 0. The van der Waals surface area contributed by atoms with Crippen molar-refractivity contribution in [1.29, 1.82) is 0 Å². The number of benzene rings is 7. The van der Waals surface area contributed by atoms with Gasteiger partial charge in [-0.25, -0.2) is 0 Å². The van der Waals surface area contributed by atoms with Gasteiger partial charge in [0.15, 0.2) is 0 Å². The zero-order valence-corrected chi connectivity index (χ0v) is 26.3. The molecule has 0 saturated heterocycles. The van der Waals surface area contributed by atoms with Crippen LogP contribution in [0.5, 0.6) is 0 Å². The summed E-state index contributed by atoms with van der Waals surface area (Å²) in [5, 5.41) is 10.3. The summed E-state index contributed by atoms with van der Waals surface area (Å²) in [5.41, 5.74) is 11.3. The number of fused-ring (bicyclic) bond motifs is 4. The van der Waals surface area contributed by atoms with E-state index in [2.05, 4.69) is 147 Å². The van der Waals surface area contributed by atoms with Gasteiger partial charge >= 0.3 is 0 Å². The van der Waals surface area contributed by atoms with E-state index in [-0.39, 0.29) is 5.41 Å². The SMILES string of the molecule is CC1(C)c2cc(-c3cccc(-c4ccc5ccc6cccc7ccc4c5c67)c3)cnc2-c2ncc(-c3ccc4ccccc4c3)cc21. The molecule has 2 nitrogen and oxygen atoms in total. The van der Waals surface area contributed by atoms with Crippen molar-refractivity contribution in [3.63, 3.8) is 0 Å². The standard InChI is InChI=1S/C45H30N2/c1-45(2)39-23-35(25-46-43(39)44-40(45)24-36(26-47-44)33-16-13-27-7-3-4-8-31(27)21-33)32-11-6-12-34(22-32)37-19-17-30-15-14-28-9-5-10-29-18-20-38(37)42(30)41(28)29/h3-26H,1-2H3. The maximum atomic E-state index is 5.06. The van der Waals surface area contributed by atoms with Crippen molar-refractivity contribution < 1.29 is 0 Å². The monoisotopic (exact) mass is 598 g/mol. The summed E-state index contributed by atoms with van der Waals surface area (Å²) in [6, 6.07) is 48.9. The van der Waals surface area contributed by atoms with Gasteiger partial charge in [0.05, 0.1) is 11.4 Å². The highest BCUT2D eigenvalue weighted by molar-refractivity contribution is 6.25. The molecule has 0 bridgehead atoms. The Morgan fingerprint density at radius 1 is 0.404 bits per heavy atom. The second-order valence-electron chi connectivity index (χ2n) is 13.5. The van der Waals surface area contributed by atoms with Gasteiger partial charge in [0, 0.05) is 28.9 Å². The zero-order valence-electron chi connectivity index (χ0n) is 26.3. The largest absolute Gasteiger partial charge is 0.254 e. The summed E-state index contributed by atoms with van der Waals surface area (Å²) < 4.78 is 0. The minimum atomic E-state index is -0.225. The van der Waals surface area contributed by atoms with E-state index in [1.807, 2.05) is 12.4 Å². The van der Waals surface area contributed by atoms with Gasteiger partial charge in [-0.3, -0.25) is 9.97 Å². The molecule has 2 heterocycles. The zero-order chi connectivity index (χ0) is 31.3. The highest BCUT2D eigenvalue weighted by atomic mass is 14.8. The van der Waals surface area contributed by atoms with Crippen LogP contribution in [0.25, 0.3) is 87.9 Å². The number of hydrogen-bond acceptors (Lipinski definition) is 2. The minimum Gasteiger partial charge on any atom is -0.254 e. The molecule has 2 heteroatoms. The maximum absolute atomic E-state index is 5.06. The molecule has 47 heavy (non-hydrogen) atoms. The molecular formula is C45H30N2. The van der Waals surface area contributed by atoms with Gasteiger partial charge in [-0.15, -0.1) is 0 Å². The van der Waals surface area contributed by atoms with E-state index in [0.29, 0.717) is 0 Å². The number of nitrogens with zero attached hydrogens (tertiary/aromatic N) is 2. The Balaban J connectivity index is 1.05. The molecule has 0 radical (unpaired) electrons. The first-order valence-corrected chi connectivity index (χ1v) is 16.3. The van der Waals surface area contributed by atoms with Crippen LogP contribution in [-0.4, -0.2) is 9.97 Å².